The molecule has 3 aromatic rings. The third kappa shape index (κ3) is 5.16. The minimum Gasteiger partial charge on any atom is -0.379 e. The third-order valence-electron chi connectivity index (χ3n) is 10.1. The number of benzene rings is 1. The van der Waals surface area contributed by atoms with Crippen LogP contribution in [-0.4, -0.2) is 24.9 Å². The van der Waals surface area contributed by atoms with Gasteiger partial charge in [-0.3, -0.25) is 0 Å². The summed E-state index contributed by atoms with van der Waals surface area (Å²) in [6.45, 7) is 26.5. The summed E-state index contributed by atoms with van der Waals surface area (Å²) in [4.78, 5) is 0. The second kappa shape index (κ2) is 12.5. The standard InChI is InChI=1S/C33H49F5N2Si2/c1-19(2)41(20(3)4,21(5)6)39-15-13-25(17-39)27(28-29(34)31(36)33(38)32(37)30(28)35)26-14-16-40(18-26)42(22(7)8,23(9)10)24(11)12/h13-24,27H,1-12H3. The summed E-state index contributed by atoms with van der Waals surface area (Å²) in [5.74, 6) is -10.7. The van der Waals surface area contributed by atoms with E-state index in [2.05, 4.69) is 91.6 Å². The van der Waals surface area contributed by atoms with Gasteiger partial charge in [-0.2, -0.15) is 0 Å². The summed E-state index contributed by atoms with van der Waals surface area (Å²) in [5.41, 5.74) is 2.31. The molecule has 0 aliphatic rings. The largest absolute Gasteiger partial charge is 0.379 e. The van der Waals surface area contributed by atoms with Gasteiger partial charge in [0.05, 0.1) is 0 Å². The van der Waals surface area contributed by atoms with E-state index in [9.17, 15) is 13.2 Å². The monoisotopic (exact) mass is 624 g/mol. The minimum absolute atomic E-state index is 0.348. The van der Waals surface area contributed by atoms with Gasteiger partial charge in [0.2, 0.25) is 5.82 Å². The van der Waals surface area contributed by atoms with Crippen molar-refractivity contribution in [1.29, 1.82) is 0 Å². The predicted octanol–water partition coefficient (Wildman–Crippen LogP) is 11.2. The van der Waals surface area contributed by atoms with E-state index in [1.807, 2.05) is 24.8 Å². The van der Waals surface area contributed by atoms with Gasteiger partial charge in [0.1, 0.15) is 0 Å². The van der Waals surface area contributed by atoms with E-state index in [0.29, 0.717) is 44.4 Å². The molecule has 9 heteroatoms. The summed E-state index contributed by atoms with van der Waals surface area (Å²) < 4.78 is 79.1. The quantitative estimate of drug-likeness (QED) is 0.0869. The van der Waals surface area contributed by atoms with Crippen LogP contribution in [0.25, 0.3) is 0 Å². The van der Waals surface area contributed by atoms with Crippen molar-refractivity contribution >= 4 is 16.5 Å². The van der Waals surface area contributed by atoms with Gasteiger partial charge in [-0.25, -0.2) is 22.0 Å². The highest BCUT2D eigenvalue weighted by molar-refractivity contribution is 6.82. The van der Waals surface area contributed by atoms with Crippen LogP contribution in [0.4, 0.5) is 22.0 Å². The van der Waals surface area contributed by atoms with Crippen molar-refractivity contribution in [2.75, 3.05) is 0 Å². The summed E-state index contributed by atoms with van der Waals surface area (Å²) in [6.07, 6.45) is 7.72. The molecule has 0 spiro atoms. The van der Waals surface area contributed by atoms with Crippen LogP contribution in [0.15, 0.2) is 36.9 Å². The van der Waals surface area contributed by atoms with Crippen LogP contribution in [0.3, 0.4) is 0 Å². The zero-order valence-electron chi connectivity index (χ0n) is 27.3. The Labute approximate surface area is 251 Å². The molecule has 1 aromatic carbocycles. The number of hydrogen-bond donors (Lipinski definition) is 0. The Morgan fingerprint density at radius 1 is 0.452 bits per heavy atom. The SMILES string of the molecule is CC(C)[Si](C(C)C)(C(C)C)n1ccc(C(c2ccn([Si](C(C)C)(C(C)C)C(C)C)c2)c2c(F)c(F)c(F)c(F)c2F)c1. The molecule has 42 heavy (non-hydrogen) atoms. The number of rotatable bonds is 11. The molecule has 0 atom stereocenters. The van der Waals surface area contributed by atoms with Gasteiger partial charge >= 0.3 is 0 Å². The molecule has 0 unspecified atom stereocenters. The van der Waals surface area contributed by atoms with Crippen molar-refractivity contribution in [2.45, 2.75) is 122 Å². The predicted molar refractivity (Wildman–Crippen MR) is 169 cm³/mol. The minimum atomic E-state index is -2.24. The highest BCUT2D eigenvalue weighted by Gasteiger charge is 2.47. The Morgan fingerprint density at radius 2 is 0.714 bits per heavy atom. The molecule has 0 amide bonds. The smallest absolute Gasteiger partial charge is 0.200 e. The van der Waals surface area contributed by atoms with Crippen LogP contribution in [0.2, 0.25) is 33.2 Å². The fourth-order valence-corrected chi connectivity index (χ4v) is 21.8. The average molecular weight is 625 g/mol. The van der Waals surface area contributed by atoms with Gasteiger partial charge in [-0.05, 0) is 81.3 Å². The van der Waals surface area contributed by atoms with Crippen molar-refractivity contribution in [3.8, 4) is 0 Å². The maximum Gasteiger partial charge on any atom is 0.200 e. The van der Waals surface area contributed by atoms with Crippen LogP contribution in [0.1, 0.15) is 106 Å². The second-order valence-corrected chi connectivity index (χ2v) is 25.3. The molecule has 0 N–H and O–H groups in total. The molecule has 2 heterocycles. The van der Waals surface area contributed by atoms with Crippen molar-refractivity contribution in [3.63, 3.8) is 0 Å². The van der Waals surface area contributed by atoms with E-state index in [-0.39, 0.29) is 0 Å². The van der Waals surface area contributed by atoms with Crippen molar-refractivity contribution < 1.29 is 22.0 Å². The molecule has 0 radical (unpaired) electrons. The van der Waals surface area contributed by atoms with E-state index < -0.39 is 57.0 Å². The van der Waals surface area contributed by atoms with Gasteiger partial charge < -0.3 is 8.47 Å². The Kier molecular flexibility index (Phi) is 10.2. The molecule has 0 saturated carbocycles. The van der Waals surface area contributed by atoms with Crippen molar-refractivity contribution in [2.24, 2.45) is 0 Å². The number of aromatic nitrogens is 2. The lowest BCUT2D eigenvalue weighted by atomic mass is 9.87. The van der Waals surface area contributed by atoms with Crippen LogP contribution < -0.4 is 0 Å². The zero-order chi connectivity index (χ0) is 32.1. The summed E-state index contributed by atoms with van der Waals surface area (Å²) in [7, 11) is -4.47. The van der Waals surface area contributed by atoms with Gasteiger partial charge in [0.25, 0.3) is 0 Å². The van der Waals surface area contributed by atoms with Gasteiger partial charge in [-0.1, -0.05) is 83.1 Å². The fraction of sp³-hybridized carbons (Fsp3) is 0.576. The second-order valence-electron chi connectivity index (χ2n) is 13.8. The molecule has 0 aliphatic heterocycles. The number of nitrogens with zero attached hydrogens (tertiary/aromatic N) is 2. The lowest BCUT2D eigenvalue weighted by molar-refractivity contribution is 0.369. The Balaban J connectivity index is 2.41. The van der Waals surface area contributed by atoms with Gasteiger partial charge in [0.15, 0.2) is 39.7 Å². The molecular weight excluding hydrogens is 576 g/mol. The Morgan fingerprint density at radius 3 is 0.976 bits per heavy atom. The topological polar surface area (TPSA) is 9.86 Å². The number of hydrogen-bond acceptors (Lipinski definition) is 0. The van der Waals surface area contributed by atoms with Crippen LogP contribution in [0.5, 0.6) is 0 Å². The average Bonchev–Trinajstić information content (AvgIpc) is 3.54. The summed E-state index contributed by atoms with van der Waals surface area (Å²) in [5, 5.41) is 0. The molecule has 2 aromatic heterocycles. The molecule has 0 aliphatic carbocycles. The lowest BCUT2D eigenvalue weighted by Gasteiger charge is -2.44. The van der Waals surface area contributed by atoms with E-state index in [4.69, 9.17) is 0 Å². The van der Waals surface area contributed by atoms with Crippen LogP contribution in [-0.2, 0) is 0 Å². The highest BCUT2D eigenvalue weighted by atomic mass is 28.3. The lowest BCUT2D eigenvalue weighted by Crippen LogP contribution is -2.51. The molecule has 0 bridgehead atoms. The normalized spacial score (nSPS) is 13.4. The molecule has 3 rings (SSSR count). The molecular formula is C33H49F5N2Si2. The van der Waals surface area contributed by atoms with E-state index in [1.165, 1.54) is 0 Å². The fourth-order valence-electron chi connectivity index (χ4n) is 8.84. The van der Waals surface area contributed by atoms with E-state index >= 15 is 8.78 Å². The van der Waals surface area contributed by atoms with Crippen molar-refractivity contribution in [3.05, 3.63) is 82.7 Å². The molecule has 234 valence electrons. The summed E-state index contributed by atoms with van der Waals surface area (Å²) >= 11 is 0. The first-order valence-corrected chi connectivity index (χ1v) is 19.6. The maximum absolute atomic E-state index is 15.6. The molecule has 0 saturated heterocycles. The summed E-state index contributed by atoms with van der Waals surface area (Å²) in [6, 6.07) is 3.60. The molecule has 0 fully saturated rings. The first kappa shape index (κ1) is 34.4. The number of halogens is 5. The van der Waals surface area contributed by atoms with Gasteiger partial charge in [0, 0.05) is 11.5 Å². The zero-order valence-corrected chi connectivity index (χ0v) is 29.3. The first-order valence-electron chi connectivity index (χ1n) is 15.3. The van der Waals surface area contributed by atoms with Crippen molar-refractivity contribution in [1.82, 2.24) is 8.47 Å². The van der Waals surface area contributed by atoms with Gasteiger partial charge in [-0.15, -0.1) is 0 Å². The maximum atomic E-state index is 15.6. The highest BCUT2D eigenvalue weighted by Crippen LogP contribution is 2.46. The van der Waals surface area contributed by atoms with Crippen LogP contribution in [0, 0.1) is 29.1 Å². The van der Waals surface area contributed by atoms with E-state index in [0.717, 1.165) is 0 Å². The Bertz CT molecular complexity index is 1240. The molecule has 2 nitrogen and oxygen atoms in total. The first-order chi connectivity index (χ1) is 19.4. The Hall–Kier alpha value is -2.14. The third-order valence-corrected chi connectivity index (χ3v) is 23.5. The van der Waals surface area contributed by atoms with E-state index in [1.54, 1.807) is 12.1 Å². The van der Waals surface area contributed by atoms with Crippen LogP contribution >= 0.6 is 0 Å².